The van der Waals surface area contributed by atoms with Crippen molar-refractivity contribution in [1.82, 2.24) is 6.46 Å². The summed E-state index contributed by atoms with van der Waals surface area (Å²) >= 11 is 0.500. The Balaban J connectivity index is 2.00. The van der Waals surface area contributed by atoms with Crippen molar-refractivity contribution < 1.29 is 0 Å². The molecule has 0 aromatic heterocycles. The average Bonchev–Trinajstić information content (AvgIpc) is 0.722. The molecule has 0 atom stereocenters. The first-order valence-electron chi connectivity index (χ1n) is 1.00. The fourth-order valence-electron chi connectivity index (χ4n) is 0.0625. The summed E-state index contributed by atoms with van der Waals surface area (Å²) in [5.41, 5.74) is 0. The fourth-order valence-corrected chi connectivity index (χ4v) is 1.69. The standard InChI is InChI=1S/Ge2H2N2/c1-3-2-4-1/h3-4H. The summed E-state index contributed by atoms with van der Waals surface area (Å²) in [6, 6.07) is 0. The van der Waals surface area contributed by atoms with Crippen molar-refractivity contribution in [3.8, 4) is 0 Å². The second kappa shape index (κ2) is 1.44. The van der Waals surface area contributed by atoms with Crippen molar-refractivity contribution in [3.63, 3.8) is 0 Å². The maximum atomic E-state index is 3.25. The Bertz CT molecular complexity index is 12.0. The fraction of sp³-hybridized carbons (Fsp3) is 0. The van der Waals surface area contributed by atoms with Gasteiger partial charge < -0.3 is 0 Å². The van der Waals surface area contributed by atoms with Gasteiger partial charge in [0.15, 0.2) is 0 Å². The van der Waals surface area contributed by atoms with E-state index >= 15 is 0 Å². The molecular formula is H2Ge2N2. The molecule has 1 aliphatic heterocycles. The molecule has 1 heterocycles. The van der Waals surface area contributed by atoms with Gasteiger partial charge in [0.05, 0.1) is 0 Å². The van der Waals surface area contributed by atoms with Crippen LogP contribution in [0.15, 0.2) is 0 Å². The second-order valence-corrected chi connectivity index (χ2v) is 8.05. The zero-order valence-corrected chi connectivity index (χ0v) is 6.20. The minimum atomic E-state index is 0.250. The van der Waals surface area contributed by atoms with Crippen molar-refractivity contribution in [3.05, 3.63) is 0 Å². The van der Waals surface area contributed by atoms with Gasteiger partial charge in [-0.15, -0.1) is 0 Å². The van der Waals surface area contributed by atoms with Crippen molar-refractivity contribution in [2.75, 3.05) is 0 Å². The number of hydrogen-bond donors (Lipinski definition) is 2. The van der Waals surface area contributed by atoms with Crippen LogP contribution in [0.3, 0.4) is 0 Å². The van der Waals surface area contributed by atoms with E-state index in [2.05, 4.69) is 6.46 Å². The molecule has 0 amide bonds. The van der Waals surface area contributed by atoms with E-state index in [1.807, 2.05) is 0 Å². The van der Waals surface area contributed by atoms with Crippen LogP contribution < -0.4 is 6.46 Å². The van der Waals surface area contributed by atoms with Crippen LogP contribution >= 0.6 is 0 Å². The summed E-state index contributed by atoms with van der Waals surface area (Å²) in [5, 5.41) is 0. The van der Waals surface area contributed by atoms with E-state index in [1.54, 1.807) is 0 Å². The van der Waals surface area contributed by atoms with Gasteiger partial charge >= 0.3 is 38.2 Å². The first-order chi connectivity index (χ1) is 2.00. The van der Waals surface area contributed by atoms with E-state index in [0.717, 1.165) is 0 Å². The van der Waals surface area contributed by atoms with Crippen LogP contribution in [0.5, 0.6) is 0 Å². The molecule has 1 saturated heterocycles. The monoisotopic (exact) mass is 178 g/mol. The van der Waals surface area contributed by atoms with Gasteiger partial charge in [-0.3, -0.25) is 0 Å². The Kier molecular flexibility index (Phi) is 1.16. The summed E-state index contributed by atoms with van der Waals surface area (Å²) in [4.78, 5) is 0. The van der Waals surface area contributed by atoms with Gasteiger partial charge in [0, 0.05) is 0 Å². The third kappa shape index (κ3) is 0.483. The number of nitrogens with one attached hydrogen (secondary N) is 2. The number of rotatable bonds is 0. The molecule has 2 N–H and O–H groups in total. The van der Waals surface area contributed by atoms with E-state index in [0.29, 0.717) is 0 Å². The average molecular weight is 175 g/mol. The molecule has 1 fully saturated rings. The third-order valence-corrected chi connectivity index (χ3v) is 6.75. The second-order valence-electron chi connectivity index (χ2n) is 0.500. The first-order valence-corrected chi connectivity index (χ1v) is 5.20. The molecule has 0 aromatic rings. The van der Waals surface area contributed by atoms with Crippen molar-refractivity contribution in [1.29, 1.82) is 0 Å². The quantitative estimate of drug-likeness (QED) is 0.427. The Labute approximate surface area is 38.6 Å². The van der Waals surface area contributed by atoms with Gasteiger partial charge in [-0.05, 0) is 0 Å². The molecular weight excluding hydrogens is 173 g/mol. The topological polar surface area (TPSA) is 24.1 Å². The van der Waals surface area contributed by atoms with Crippen molar-refractivity contribution >= 4 is 31.8 Å². The van der Waals surface area contributed by atoms with Gasteiger partial charge in [0.1, 0.15) is 0 Å². The van der Waals surface area contributed by atoms with Gasteiger partial charge in [-0.25, -0.2) is 0 Å². The maximum absolute atomic E-state index is 3.25. The molecule has 20 valence electrons. The van der Waals surface area contributed by atoms with Crippen LogP contribution in [0.1, 0.15) is 0 Å². The molecule has 0 aliphatic carbocycles. The third-order valence-electron chi connectivity index (χ3n) is 0.250. The van der Waals surface area contributed by atoms with Gasteiger partial charge in [0.25, 0.3) is 0 Å². The summed E-state index contributed by atoms with van der Waals surface area (Å²) in [7, 11) is 0. The Hall–Kier alpha value is 1.01. The van der Waals surface area contributed by atoms with E-state index in [4.69, 9.17) is 0 Å². The molecule has 4 heavy (non-hydrogen) atoms. The molecule has 1 rings (SSSR count). The molecule has 4 heteroatoms. The molecule has 0 bridgehead atoms. The van der Waals surface area contributed by atoms with Gasteiger partial charge in [-0.2, -0.15) is 0 Å². The SMILES string of the molecule is [NH]1[Ge][NH][Ge]1. The van der Waals surface area contributed by atoms with Crippen LogP contribution in [0.25, 0.3) is 0 Å². The predicted molar refractivity (Wildman–Crippen MR) is 17.8 cm³/mol. The zero-order valence-electron chi connectivity index (χ0n) is 2.00. The summed E-state index contributed by atoms with van der Waals surface area (Å²) in [6.45, 7) is 0. The Morgan fingerprint density at radius 3 is 1.25 bits per heavy atom. The Morgan fingerprint density at radius 1 is 1.00 bits per heavy atom. The van der Waals surface area contributed by atoms with E-state index in [1.165, 1.54) is 0 Å². The minimum absolute atomic E-state index is 0.250. The zero-order chi connectivity index (χ0) is 2.83. The molecule has 0 saturated carbocycles. The molecule has 0 aromatic carbocycles. The van der Waals surface area contributed by atoms with Crippen LogP contribution in [-0.2, 0) is 0 Å². The molecule has 4 radical (unpaired) electrons. The van der Waals surface area contributed by atoms with Crippen molar-refractivity contribution in [2.24, 2.45) is 0 Å². The van der Waals surface area contributed by atoms with Crippen LogP contribution in [0.4, 0.5) is 0 Å². The summed E-state index contributed by atoms with van der Waals surface area (Å²) in [5.74, 6) is 0. The van der Waals surface area contributed by atoms with E-state index < -0.39 is 0 Å². The first kappa shape index (κ1) is 3.21. The van der Waals surface area contributed by atoms with Crippen molar-refractivity contribution in [2.45, 2.75) is 0 Å². The summed E-state index contributed by atoms with van der Waals surface area (Å²) < 4.78 is 6.50. The molecule has 1 aliphatic rings. The molecule has 0 unspecified atom stereocenters. The van der Waals surface area contributed by atoms with E-state index in [9.17, 15) is 0 Å². The molecule has 0 spiro atoms. The number of hydrogen-bond acceptors (Lipinski definition) is 2. The normalized spacial score (nSPS) is 24.0. The van der Waals surface area contributed by atoms with E-state index in [-0.39, 0.29) is 31.8 Å². The van der Waals surface area contributed by atoms with Crippen LogP contribution in [-0.4, -0.2) is 31.8 Å². The van der Waals surface area contributed by atoms with Crippen LogP contribution in [0, 0.1) is 0 Å². The van der Waals surface area contributed by atoms with Gasteiger partial charge in [0.2, 0.25) is 0 Å². The summed E-state index contributed by atoms with van der Waals surface area (Å²) in [6.07, 6.45) is 0. The van der Waals surface area contributed by atoms with Crippen LogP contribution in [0.2, 0.25) is 0 Å². The molecule has 2 nitrogen and oxygen atoms in total. The van der Waals surface area contributed by atoms with Gasteiger partial charge in [-0.1, -0.05) is 0 Å². The predicted octanol–water partition coefficient (Wildman–Crippen LogP) is -1.75. The Morgan fingerprint density at radius 2 is 1.25 bits per heavy atom.